The normalized spacial score (nSPS) is 14.2. The summed E-state index contributed by atoms with van der Waals surface area (Å²) in [7, 11) is 0. The number of nitrogens with one attached hydrogen (secondary N) is 3. The zero-order valence-corrected chi connectivity index (χ0v) is 19.0. The summed E-state index contributed by atoms with van der Waals surface area (Å²) in [5.74, 6) is -6.92. The van der Waals surface area contributed by atoms with E-state index in [-0.39, 0.29) is 25.7 Å². The number of carbonyl (C=O) groups is 7. The number of amides is 6. The Bertz CT molecular complexity index is 802. The van der Waals surface area contributed by atoms with Crippen LogP contribution in [0.5, 0.6) is 0 Å². The van der Waals surface area contributed by atoms with Crippen molar-refractivity contribution in [2.75, 3.05) is 0 Å². The van der Waals surface area contributed by atoms with Gasteiger partial charge in [-0.1, -0.05) is 13.8 Å². The summed E-state index contributed by atoms with van der Waals surface area (Å²) in [5, 5.41) is 16.2. The summed E-state index contributed by atoms with van der Waals surface area (Å²) in [6, 6.07) is -5.38. The molecule has 0 rings (SSSR count). The number of carbonyl (C=O) groups excluding carboxylic acids is 6. The zero-order chi connectivity index (χ0) is 26.6. The van der Waals surface area contributed by atoms with Crippen LogP contribution in [0.1, 0.15) is 46.0 Å². The first-order chi connectivity index (χ1) is 15.6. The lowest BCUT2D eigenvalue weighted by molar-refractivity contribution is -0.143. The van der Waals surface area contributed by atoms with Crippen LogP contribution in [0.2, 0.25) is 0 Å². The standard InChI is InChI=1S/C19H33N7O8/c1-8(2)15(26-16(30)9(20)7-14(23)29)18(32)24-10(3-5-12(21)27)17(31)25-11(19(33)34)4-6-13(22)28/h8-11,15H,3-7,20H2,1-2H3,(H2,21,27)(H2,22,28)(H2,23,29)(H,24,32)(H,25,31)(H,26,30)(H,33,34). The largest absolute Gasteiger partial charge is 0.480 e. The Morgan fingerprint density at radius 3 is 1.59 bits per heavy atom. The van der Waals surface area contributed by atoms with Gasteiger partial charge in [0.2, 0.25) is 35.4 Å². The highest BCUT2D eigenvalue weighted by molar-refractivity contribution is 5.95. The van der Waals surface area contributed by atoms with Gasteiger partial charge in [-0.2, -0.15) is 0 Å². The second-order valence-corrected chi connectivity index (χ2v) is 7.98. The third kappa shape index (κ3) is 11.8. The van der Waals surface area contributed by atoms with Crippen LogP contribution in [0.25, 0.3) is 0 Å². The molecule has 0 spiro atoms. The molecule has 0 heterocycles. The average Bonchev–Trinajstić information content (AvgIpc) is 2.70. The van der Waals surface area contributed by atoms with Crippen molar-refractivity contribution in [3.8, 4) is 0 Å². The van der Waals surface area contributed by atoms with Crippen LogP contribution < -0.4 is 38.9 Å². The summed E-state index contributed by atoms with van der Waals surface area (Å²) in [5.41, 5.74) is 20.7. The SMILES string of the molecule is CC(C)C(NC(=O)C(N)CC(N)=O)C(=O)NC(CCC(N)=O)C(=O)NC(CCC(N)=O)C(=O)O. The van der Waals surface area contributed by atoms with Crippen molar-refractivity contribution in [1.29, 1.82) is 0 Å². The highest BCUT2D eigenvalue weighted by atomic mass is 16.4. The maximum absolute atomic E-state index is 12.8. The topological polar surface area (TPSA) is 280 Å². The highest BCUT2D eigenvalue weighted by Gasteiger charge is 2.32. The van der Waals surface area contributed by atoms with Gasteiger partial charge in [-0.25, -0.2) is 4.79 Å². The third-order valence-corrected chi connectivity index (χ3v) is 4.61. The molecule has 0 aromatic rings. The van der Waals surface area contributed by atoms with Crippen LogP contribution in [0.3, 0.4) is 0 Å². The van der Waals surface area contributed by atoms with E-state index in [0.29, 0.717) is 0 Å². The van der Waals surface area contributed by atoms with Crippen LogP contribution in [0.4, 0.5) is 0 Å². The molecule has 192 valence electrons. The van der Waals surface area contributed by atoms with Gasteiger partial charge in [-0.3, -0.25) is 28.8 Å². The second-order valence-electron chi connectivity index (χ2n) is 7.98. The highest BCUT2D eigenvalue weighted by Crippen LogP contribution is 2.07. The summed E-state index contributed by atoms with van der Waals surface area (Å²) in [6.45, 7) is 3.18. The predicted octanol–water partition coefficient (Wildman–Crippen LogP) is -4.08. The summed E-state index contributed by atoms with van der Waals surface area (Å²) >= 11 is 0. The van der Waals surface area contributed by atoms with Gasteiger partial charge >= 0.3 is 5.97 Å². The predicted molar refractivity (Wildman–Crippen MR) is 117 cm³/mol. The van der Waals surface area contributed by atoms with E-state index in [0.717, 1.165) is 0 Å². The Balaban J connectivity index is 5.52. The average molecular weight is 488 g/mol. The molecule has 0 saturated carbocycles. The quantitative estimate of drug-likeness (QED) is 0.105. The Morgan fingerprint density at radius 2 is 1.18 bits per heavy atom. The maximum atomic E-state index is 12.8. The molecule has 15 nitrogen and oxygen atoms in total. The fourth-order valence-electron chi connectivity index (χ4n) is 2.74. The van der Waals surface area contributed by atoms with E-state index >= 15 is 0 Å². The van der Waals surface area contributed by atoms with Gasteiger partial charge < -0.3 is 44.0 Å². The molecule has 12 N–H and O–H groups in total. The Labute approximate surface area is 195 Å². The van der Waals surface area contributed by atoms with Crippen LogP contribution in [-0.4, -0.2) is 70.7 Å². The summed E-state index contributed by atoms with van der Waals surface area (Å²) in [4.78, 5) is 82.2. The number of carboxylic acid groups (broad SMARTS) is 1. The van der Waals surface area contributed by atoms with Crippen LogP contribution >= 0.6 is 0 Å². The molecule has 15 heteroatoms. The molecule has 0 radical (unpaired) electrons. The fraction of sp³-hybridized carbons (Fsp3) is 0.632. The molecule has 0 fully saturated rings. The molecule has 0 bridgehead atoms. The number of rotatable bonds is 16. The van der Waals surface area contributed by atoms with Gasteiger partial charge in [0, 0.05) is 12.8 Å². The van der Waals surface area contributed by atoms with Gasteiger partial charge in [0.15, 0.2) is 0 Å². The Morgan fingerprint density at radius 1 is 0.706 bits per heavy atom. The molecule has 34 heavy (non-hydrogen) atoms. The van der Waals surface area contributed by atoms with Crippen molar-refractivity contribution in [3.63, 3.8) is 0 Å². The number of primary amides is 3. The van der Waals surface area contributed by atoms with Crippen LogP contribution in [0, 0.1) is 5.92 Å². The first kappa shape index (κ1) is 30.2. The second kappa shape index (κ2) is 14.4. The van der Waals surface area contributed by atoms with E-state index in [9.17, 15) is 38.7 Å². The van der Waals surface area contributed by atoms with Gasteiger partial charge in [-0.05, 0) is 18.8 Å². The minimum Gasteiger partial charge on any atom is -0.480 e. The van der Waals surface area contributed by atoms with Crippen molar-refractivity contribution >= 4 is 41.4 Å². The molecule has 6 amide bonds. The first-order valence-electron chi connectivity index (χ1n) is 10.4. The van der Waals surface area contributed by atoms with Crippen LogP contribution in [0.15, 0.2) is 0 Å². The number of hydrogen-bond donors (Lipinski definition) is 8. The minimum absolute atomic E-state index is 0.269. The van der Waals surface area contributed by atoms with E-state index in [2.05, 4.69) is 16.0 Å². The first-order valence-corrected chi connectivity index (χ1v) is 10.4. The van der Waals surface area contributed by atoms with Crippen molar-refractivity contribution < 1.29 is 38.7 Å². The number of carboxylic acids is 1. The minimum atomic E-state index is -1.49. The lowest BCUT2D eigenvalue weighted by Crippen LogP contribution is -2.58. The zero-order valence-electron chi connectivity index (χ0n) is 19.0. The molecule has 0 aliphatic heterocycles. The van der Waals surface area contributed by atoms with Gasteiger partial charge in [0.25, 0.3) is 0 Å². The fourth-order valence-corrected chi connectivity index (χ4v) is 2.74. The molecule has 0 aromatic carbocycles. The van der Waals surface area contributed by atoms with E-state index in [4.69, 9.17) is 22.9 Å². The van der Waals surface area contributed by atoms with Crippen LogP contribution in [-0.2, 0) is 33.6 Å². The molecular weight excluding hydrogens is 454 g/mol. The van der Waals surface area contributed by atoms with Crippen molar-refractivity contribution in [2.45, 2.75) is 70.1 Å². The lowest BCUT2D eigenvalue weighted by Gasteiger charge is -2.26. The molecule has 0 aliphatic rings. The van der Waals surface area contributed by atoms with E-state index < -0.39 is 77.9 Å². The summed E-state index contributed by atoms with van der Waals surface area (Å²) < 4.78 is 0. The molecule has 4 unspecified atom stereocenters. The van der Waals surface area contributed by atoms with Gasteiger partial charge in [-0.15, -0.1) is 0 Å². The Kier molecular flexibility index (Phi) is 12.8. The molecule has 0 aromatic heterocycles. The van der Waals surface area contributed by atoms with E-state index in [1.165, 1.54) is 0 Å². The van der Waals surface area contributed by atoms with Crippen molar-refractivity contribution in [3.05, 3.63) is 0 Å². The van der Waals surface area contributed by atoms with Gasteiger partial charge in [0.1, 0.15) is 18.1 Å². The lowest BCUT2D eigenvalue weighted by atomic mass is 10.0. The van der Waals surface area contributed by atoms with Gasteiger partial charge in [0.05, 0.1) is 12.5 Å². The molecule has 4 atom stereocenters. The smallest absolute Gasteiger partial charge is 0.326 e. The third-order valence-electron chi connectivity index (χ3n) is 4.61. The summed E-state index contributed by atoms with van der Waals surface area (Å²) in [6.07, 6.45) is -1.66. The molecule has 0 saturated heterocycles. The number of nitrogens with two attached hydrogens (primary N) is 4. The van der Waals surface area contributed by atoms with E-state index in [1.807, 2.05) is 0 Å². The molecule has 0 aliphatic carbocycles. The van der Waals surface area contributed by atoms with E-state index in [1.54, 1.807) is 13.8 Å². The molecular formula is C19H33N7O8. The number of hydrogen-bond acceptors (Lipinski definition) is 8. The number of aliphatic carboxylic acids is 1. The maximum Gasteiger partial charge on any atom is 0.326 e. The van der Waals surface area contributed by atoms with Crippen molar-refractivity contribution in [2.24, 2.45) is 28.9 Å². The van der Waals surface area contributed by atoms with Crippen molar-refractivity contribution in [1.82, 2.24) is 16.0 Å². The monoisotopic (exact) mass is 487 g/mol. The Hall–Kier alpha value is -3.75.